The Morgan fingerprint density at radius 2 is 2.04 bits per heavy atom. The Bertz CT molecular complexity index is 425. The molecule has 1 aliphatic heterocycles. The fourth-order valence-electron chi connectivity index (χ4n) is 2.83. The molecule has 2 N–H and O–H groups in total. The Morgan fingerprint density at radius 3 is 2.65 bits per heavy atom. The van der Waals surface area contributed by atoms with Crippen molar-refractivity contribution in [2.24, 2.45) is 0 Å². The summed E-state index contributed by atoms with van der Waals surface area (Å²) in [6.07, 6.45) is 3.92. The molecule has 0 aliphatic carbocycles. The van der Waals surface area contributed by atoms with E-state index in [1.807, 2.05) is 6.07 Å². The number of carbonyl (C=O) groups is 1. The van der Waals surface area contributed by atoms with Crippen LogP contribution < -0.4 is 15.5 Å². The molecule has 2 rings (SSSR count). The first-order valence-electron chi connectivity index (χ1n) is 8.09. The predicted molar refractivity (Wildman–Crippen MR) is 102 cm³/mol. The van der Waals surface area contributed by atoms with Gasteiger partial charge >= 0.3 is 0 Å². The topological polar surface area (TPSA) is 44.4 Å². The number of anilines is 1. The van der Waals surface area contributed by atoms with Crippen molar-refractivity contribution in [3.05, 3.63) is 30.3 Å². The molecule has 4 nitrogen and oxygen atoms in total. The van der Waals surface area contributed by atoms with E-state index in [-0.39, 0.29) is 30.7 Å². The molecule has 0 saturated carbocycles. The molecule has 1 unspecified atom stereocenters. The highest BCUT2D eigenvalue weighted by atomic mass is 35.5. The van der Waals surface area contributed by atoms with E-state index in [0.717, 1.165) is 39.0 Å². The molecule has 23 heavy (non-hydrogen) atoms. The number of benzene rings is 1. The molecule has 1 aromatic rings. The highest BCUT2D eigenvalue weighted by Gasteiger charge is 2.17. The molecule has 6 heteroatoms. The van der Waals surface area contributed by atoms with Crippen LogP contribution in [-0.4, -0.2) is 38.1 Å². The molecular formula is C17H29Cl2N3O. The normalized spacial score (nSPS) is 16.1. The largest absolute Gasteiger partial charge is 0.372 e. The van der Waals surface area contributed by atoms with Gasteiger partial charge in [-0.2, -0.15) is 0 Å². The van der Waals surface area contributed by atoms with Gasteiger partial charge in [0.25, 0.3) is 0 Å². The fourth-order valence-corrected chi connectivity index (χ4v) is 2.83. The summed E-state index contributed by atoms with van der Waals surface area (Å²) < 4.78 is 0. The Hall–Kier alpha value is -0.970. The lowest BCUT2D eigenvalue weighted by Gasteiger charge is -2.23. The maximum atomic E-state index is 11.8. The predicted octanol–water partition coefficient (Wildman–Crippen LogP) is 3.00. The highest BCUT2D eigenvalue weighted by Crippen LogP contribution is 2.12. The third-order valence-corrected chi connectivity index (χ3v) is 4.02. The SMILES string of the molecule is CCN(CCCNC(=O)CC1CCCN1)c1ccccc1.Cl.Cl. The lowest BCUT2D eigenvalue weighted by atomic mass is 10.1. The second-order valence-corrected chi connectivity index (χ2v) is 5.62. The average Bonchev–Trinajstić information content (AvgIpc) is 3.01. The number of nitrogens with zero attached hydrogens (tertiary/aromatic N) is 1. The van der Waals surface area contributed by atoms with Crippen molar-refractivity contribution in [1.29, 1.82) is 0 Å². The summed E-state index contributed by atoms with van der Waals surface area (Å²) in [5.41, 5.74) is 1.25. The third kappa shape index (κ3) is 7.91. The van der Waals surface area contributed by atoms with Crippen molar-refractivity contribution in [1.82, 2.24) is 10.6 Å². The molecule has 0 aromatic heterocycles. The second kappa shape index (κ2) is 12.5. The minimum Gasteiger partial charge on any atom is -0.372 e. The van der Waals surface area contributed by atoms with E-state index in [4.69, 9.17) is 0 Å². The van der Waals surface area contributed by atoms with Gasteiger partial charge < -0.3 is 15.5 Å². The molecule has 1 aromatic carbocycles. The van der Waals surface area contributed by atoms with Gasteiger partial charge in [-0.25, -0.2) is 0 Å². The maximum absolute atomic E-state index is 11.8. The summed E-state index contributed by atoms with van der Waals surface area (Å²) in [5, 5.41) is 6.39. The van der Waals surface area contributed by atoms with Crippen LogP contribution in [-0.2, 0) is 4.79 Å². The van der Waals surface area contributed by atoms with Crippen LogP contribution in [0.3, 0.4) is 0 Å². The number of carbonyl (C=O) groups excluding carboxylic acids is 1. The van der Waals surface area contributed by atoms with Crippen molar-refractivity contribution in [3.63, 3.8) is 0 Å². The van der Waals surface area contributed by atoms with Crippen LogP contribution in [0.1, 0.15) is 32.6 Å². The van der Waals surface area contributed by atoms with E-state index in [0.29, 0.717) is 12.5 Å². The molecular weight excluding hydrogens is 333 g/mol. The minimum absolute atomic E-state index is 0. The molecule has 0 bridgehead atoms. The molecule has 0 spiro atoms. The Kier molecular flexibility index (Phi) is 11.9. The Morgan fingerprint density at radius 1 is 1.30 bits per heavy atom. The van der Waals surface area contributed by atoms with Crippen LogP contribution in [0.5, 0.6) is 0 Å². The monoisotopic (exact) mass is 361 g/mol. The Balaban J connectivity index is 0.00000242. The van der Waals surface area contributed by atoms with Gasteiger partial charge in [0.1, 0.15) is 0 Å². The van der Waals surface area contributed by atoms with E-state index in [9.17, 15) is 4.79 Å². The average molecular weight is 362 g/mol. The molecule has 132 valence electrons. The summed E-state index contributed by atoms with van der Waals surface area (Å²) >= 11 is 0. The van der Waals surface area contributed by atoms with Crippen molar-refractivity contribution in [2.75, 3.05) is 31.1 Å². The fraction of sp³-hybridized carbons (Fsp3) is 0.588. The van der Waals surface area contributed by atoms with Gasteiger partial charge in [-0.15, -0.1) is 24.8 Å². The molecule has 1 atom stereocenters. The number of amides is 1. The van der Waals surface area contributed by atoms with Gasteiger partial charge in [0.05, 0.1) is 0 Å². The second-order valence-electron chi connectivity index (χ2n) is 5.62. The number of rotatable bonds is 8. The van der Waals surface area contributed by atoms with Crippen LogP contribution in [0.25, 0.3) is 0 Å². The lowest BCUT2D eigenvalue weighted by molar-refractivity contribution is -0.121. The van der Waals surface area contributed by atoms with Gasteiger partial charge in [0, 0.05) is 37.8 Å². The number of halogens is 2. The van der Waals surface area contributed by atoms with Crippen molar-refractivity contribution in [3.8, 4) is 0 Å². The minimum atomic E-state index is 0. The van der Waals surface area contributed by atoms with Crippen LogP contribution in [0, 0.1) is 0 Å². The van der Waals surface area contributed by atoms with E-state index in [1.165, 1.54) is 12.1 Å². The summed E-state index contributed by atoms with van der Waals surface area (Å²) in [4.78, 5) is 14.2. The summed E-state index contributed by atoms with van der Waals surface area (Å²) in [6.45, 7) is 5.94. The maximum Gasteiger partial charge on any atom is 0.221 e. The smallest absolute Gasteiger partial charge is 0.221 e. The van der Waals surface area contributed by atoms with Crippen molar-refractivity contribution < 1.29 is 4.79 Å². The standard InChI is InChI=1S/C17H27N3O.2ClH/c1-2-20(16-9-4-3-5-10-16)13-7-12-19-17(21)14-15-8-6-11-18-15;;/h3-5,9-10,15,18H,2,6-8,11-14H2,1H3,(H,19,21);2*1H. The quantitative estimate of drug-likeness (QED) is 0.699. The van der Waals surface area contributed by atoms with E-state index < -0.39 is 0 Å². The van der Waals surface area contributed by atoms with Crippen LogP contribution >= 0.6 is 24.8 Å². The molecule has 1 aliphatic rings. The van der Waals surface area contributed by atoms with E-state index in [2.05, 4.69) is 46.7 Å². The zero-order valence-corrected chi connectivity index (χ0v) is 15.4. The molecule has 1 amide bonds. The van der Waals surface area contributed by atoms with Gasteiger partial charge in [-0.05, 0) is 44.9 Å². The lowest BCUT2D eigenvalue weighted by Crippen LogP contribution is -2.34. The Labute approximate surface area is 152 Å². The highest BCUT2D eigenvalue weighted by molar-refractivity contribution is 5.85. The first-order valence-corrected chi connectivity index (χ1v) is 8.09. The van der Waals surface area contributed by atoms with Gasteiger partial charge in [-0.1, -0.05) is 18.2 Å². The van der Waals surface area contributed by atoms with Crippen molar-refractivity contribution in [2.45, 2.75) is 38.6 Å². The molecule has 1 fully saturated rings. The first-order chi connectivity index (χ1) is 10.3. The zero-order valence-electron chi connectivity index (χ0n) is 13.8. The van der Waals surface area contributed by atoms with Gasteiger partial charge in [-0.3, -0.25) is 4.79 Å². The van der Waals surface area contributed by atoms with E-state index in [1.54, 1.807) is 0 Å². The van der Waals surface area contributed by atoms with Gasteiger partial charge in [0.2, 0.25) is 5.91 Å². The van der Waals surface area contributed by atoms with Crippen LogP contribution in [0.15, 0.2) is 30.3 Å². The third-order valence-electron chi connectivity index (χ3n) is 4.02. The number of hydrogen-bond donors (Lipinski definition) is 2. The number of nitrogens with one attached hydrogen (secondary N) is 2. The summed E-state index contributed by atoms with van der Waals surface area (Å²) in [6, 6.07) is 10.8. The number of para-hydroxylation sites is 1. The molecule has 1 heterocycles. The van der Waals surface area contributed by atoms with Crippen molar-refractivity contribution >= 4 is 36.4 Å². The zero-order chi connectivity index (χ0) is 14.9. The molecule has 1 saturated heterocycles. The summed E-state index contributed by atoms with van der Waals surface area (Å²) in [5.74, 6) is 0.178. The summed E-state index contributed by atoms with van der Waals surface area (Å²) in [7, 11) is 0. The first kappa shape index (κ1) is 22.0. The van der Waals surface area contributed by atoms with Gasteiger partial charge in [0.15, 0.2) is 0 Å². The van der Waals surface area contributed by atoms with Crippen LogP contribution in [0.2, 0.25) is 0 Å². The van der Waals surface area contributed by atoms with Crippen LogP contribution in [0.4, 0.5) is 5.69 Å². The number of hydrogen-bond acceptors (Lipinski definition) is 3. The molecule has 0 radical (unpaired) electrons. The van der Waals surface area contributed by atoms with E-state index >= 15 is 0 Å².